The standard InChI is InChI=1S/C23H24N2O4S/c1-3-5-6-20-24-13-19(18-11-12-30-21(18)17(4-2)23(28)29)25(20)14-15-7-9-16(10-8-15)22(26)27/h4,7-13H,3,5-6,14H2,1-2H3,(H,26,27)(H,28,29). The Morgan fingerprint density at radius 3 is 2.50 bits per heavy atom. The Morgan fingerprint density at radius 1 is 1.17 bits per heavy atom. The molecular formula is C23H24N2O4S. The number of imidazole rings is 1. The first-order valence-electron chi connectivity index (χ1n) is 9.80. The van der Waals surface area contributed by atoms with Crippen LogP contribution in [-0.2, 0) is 17.8 Å². The minimum Gasteiger partial charge on any atom is -0.478 e. The third-order valence-corrected chi connectivity index (χ3v) is 5.89. The Morgan fingerprint density at radius 2 is 1.90 bits per heavy atom. The summed E-state index contributed by atoms with van der Waals surface area (Å²) in [4.78, 5) is 28.2. The second-order valence-electron chi connectivity index (χ2n) is 6.92. The molecule has 0 saturated carbocycles. The van der Waals surface area contributed by atoms with Crippen LogP contribution in [0.2, 0.25) is 0 Å². The first kappa shape index (κ1) is 21.5. The first-order valence-corrected chi connectivity index (χ1v) is 10.7. The average Bonchev–Trinajstić information content (AvgIpc) is 3.34. The molecule has 2 heterocycles. The molecule has 6 nitrogen and oxygen atoms in total. The number of thiophene rings is 1. The molecule has 2 aromatic heterocycles. The van der Waals surface area contributed by atoms with E-state index >= 15 is 0 Å². The Labute approximate surface area is 179 Å². The van der Waals surface area contributed by atoms with Crippen LogP contribution in [0.3, 0.4) is 0 Å². The molecule has 1 aromatic carbocycles. The third kappa shape index (κ3) is 4.52. The number of nitrogens with zero attached hydrogens (tertiary/aromatic N) is 2. The zero-order valence-corrected chi connectivity index (χ0v) is 17.8. The third-order valence-electron chi connectivity index (χ3n) is 4.94. The van der Waals surface area contributed by atoms with Crippen LogP contribution in [0.5, 0.6) is 0 Å². The summed E-state index contributed by atoms with van der Waals surface area (Å²) in [7, 11) is 0. The minimum atomic E-state index is -0.956. The largest absolute Gasteiger partial charge is 0.478 e. The molecule has 30 heavy (non-hydrogen) atoms. The van der Waals surface area contributed by atoms with Crippen LogP contribution in [0.4, 0.5) is 0 Å². The van der Waals surface area contributed by atoms with Gasteiger partial charge in [0.15, 0.2) is 0 Å². The van der Waals surface area contributed by atoms with Gasteiger partial charge in [-0.3, -0.25) is 0 Å². The van der Waals surface area contributed by atoms with E-state index in [0.717, 1.165) is 41.9 Å². The Balaban J connectivity index is 2.05. The van der Waals surface area contributed by atoms with Crippen molar-refractivity contribution in [3.8, 4) is 11.3 Å². The van der Waals surface area contributed by atoms with Gasteiger partial charge in [-0.25, -0.2) is 14.6 Å². The van der Waals surface area contributed by atoms with Gasteiger partial charge >= 0.3 is 11.9 Å². The van der Waals surface area contributed by atoms with Gasteiger partial charge in [0.25, 0.3) is 0 Å². The highest BCUT2D eigenvalue weighted by atomic mass is 32.1. The van der Waals surface area contributed by atoms with E-state index in [9.17, 15) is 14.7 Å². The van der Waals surface area contributed by atoms with Crippen LogP contribution in [-0.4, -0.2) is 31.7 Å². The number of hydrogen-bond acceptors (Lipinski definition) is 4. The second kappa shape index (κ2) is 9.54. The van der Waals surface area contributed by atoms with E-state index in [0.29, 0.717) is 11.4 Å². The van der Waals surface area contributed by atoms with Gasteiger partial charge in [-0.2, -0.15) is 0 Å². The molecule has 0 spiro atoms. The number of rotatable bonds is 9. The monoisotopic (exact) mass is 424 g/mol. The van der Waals surface area contributed by atoms with Gasteiger partial charge in [0.1, 0.15) is 5.82 Å². The maximum Gasteiger partial charge on any atom is 0.336 e. The van der Waals surface area contributed by atoms with Crippen LogP contribution in [0.1, 0.15) is 53.3 Å². The quantitative estimate of drug-likeness (QED) is 0.461. The summed E-state index contributed by atoms with van der Waals surface area (Å²) in [6.07, 6.45) is 6.28. The molecule has 0 aliphatic carbocycles. The maximum atomic E-state index is 11.7. The van der Waals surface area contributed by atoms with Gasteiger partial charge in [-0.05, 0) is 42.5 Å². The number of hydrogen-bond donors (Lipinski definition) is 2. The Hall–Kier alpha value is -3.19. The number of aromatic nitrogens is 2. The van der Waals surface area contributed by atoms with E-state index in [-0.39, 0.29) is 11.1 Å². The molecule has 0 unspecified atom stereocenters. The zero-order chi connectivity index (χ0) is 21.7. The van der Waals surface area contributed by atoms with Gasteiger partial charge in [-0.1, -0.05) is 31.6 Å². The van der Waals surface area contributed by atoms with Crippen molar-refractivity contribution in [2.24, 2.45) is 0 Å². The smallest absolute Gasteiger partial charge is 0.336 e. The van der Waals surface area contributed by atoms with Crippen LogP contribution in [0.25, 0.3) is 16.8 Å². The minimum absolute atomic E-state index is 0.245. The van der Waals surface area contributed by atoms with Crippen LogP contribution in [0.15, 0.2) is 48.0 Å². The summed E-state index contributed by atoms with van der Waals surface area (Å²) >= 11 is 1.40. The van der Waals surface area contributed by atoms with Crippen molar-refractivity contribution >= 4 is 28.8 Å². The topological polar surface area (TPSA) is 92.4 Å². The normalized spacial score (nSPS) is 11.6. The predicted molar refractivity (Wildman–Crippen MR) is 118 cm³/mol. The van der Waals surface area contributed by atoms with Gasteiger partial charge in [0.05, 0.1) is 27.9 Å². The van der Waals surface area contributed by atoms with E-state index in [1.165, 1.54) is 11.3 Å². The SMILES string of the molecule is CC=C(C(=O)O)c1sccc1-c1cnc(CCCC)n1Cc1ccc(C(=O)O)cc1. The van der Waals surface area contributed by atoms with Crippen molar-refractivity contribution in [3.05, 3.63) is 69.8 Å². The number of allylic oxidation sites excluding steroid dienone is 1. The summed E-state index contributed by atoms with van der Waals surface area (Å²) in [6, 6.07) is 8.73. The molecule has 3 rings (SSSR count). The molecule has 0 saturated heterocycles. The summed E-state index contributed by atoms with van der Waals surface area (Å²) in [5.74, 6) is -0.977. The highest BCUT2D eigenvalue weighted by Crippen LogP contribution is 2.35. The van der Waals surface area contributed by atoms with Crippen LogP contribution < -0.4 is 0 Å². The van der Waals surface area contributed by atoms with Gasteiger partial charge in [-0.15, -0.1) is 11.3 Å². The molecule has 156 valence electrons. The number of aliphatic carboxylic acids is 1. The molecule has 0 aliphatic rings. The molecule has 2 N–H and O–H groups in total. The summed E-state index contributed by atoms with van der Waals surface area (Å²) in [5, 5.41) is 20.6. The summed E-state index contributed by atoms with van der Waals surface area (Å²) in [5.41, 5.74) is 3.18. The zero-order valence-electron chi connectivity index (χ0n) is 17.0. The number of carboxylic acids is 2. The molecule has 0 aliphatic heterocycles. The van der Waals surface area contributed by atoms with Crippen LogP contribution in [0, 0.1) is 0 Å². The molecule has 3 aromatic rings. The number of unbranched alkanes of at least 4 members (excludes halogenated alkanes) is 1. The van der Waals surface area contributed by atoms with Gasteiger partial charge in [0.2, 0.25) is 0 Å². The van der Waals surface area contributed by atoms with Crippen molar-refractivity contribution in [1.82, 2.24) is 9.55 Å². The van der Waals surface area contributed by atoms with Gasteiger partial charge in [0, 0.05) is 18.5 Å². The predicted octanol–water partition coefficient (Wildman–Crippen LogP) is 5.19. The number of carbonyl (C=O) groups is 2. The lowest BCUT2D eigenvalue weighted by Crippen LogP contribution is -2.08. The summed E-state index contributed by atoms with van der Waals surface area (Å²) < 4.78 is 2.10. The second-order valence-corrected chi connectivity index (χ2v) is 7.84. The fourth-order valence-corrected chi connectivity index (χ4v) is 4.32. The maximum absolute atomic E-state index is 11.7. The first-order chi connectivity index (χ1) is 14.5. The number of aryl methyl sites for hydroxylation is 1. The highest BCUT2D eigenvalue weighted by Gasteiger charge is 2.20. The van der Waals surface area contributed by atoms with Crippen molar-refractivity contribution in [2.45, 2.75) is 39.7 Å². The number of benzene rings is 1. The summed E-state index contributed by atoms with van der Waals surface area (Å²) in [6.45, 7) is 4.38. The Bertz CT molecular complexity index is 1080. The number of carboxylic acid groups (broad SMARTS) is 2. The Kier molecular flexibility index (Phi) is 6.84. The van der Waals surface area contributed by atoms with E-state index in [1.54, 1.807) is 43.5 Å². The average molecular weight is 425 g/mol. The van der Waals surface area contributed by atoms with E-state index in [1.807, 2.05) is 11.4 Å². The van der Waals surface area contributed by atoms with E-state index in [2.05, 4.69) is 16.5 Å². The lowest BCUT2D eigenvalue weighted by molar-refractivity contribution is -0.130. The molecule has 0 bridgehead atoms. The van der Waals surface area contributed by atoms with Crippen molar-refractivity contribution in [3.63, 3.8) is 0 Å². The lowest BCUT2D eigenvalue weighted by atomic mass is 10.1. The highest BCUT2D eigenvalue weighted by molar-refractivity contribution is 7.12. The molecule has 7 heteroatoms. The van der Waals surface area contributed by atoms with Crippen molar-refractivity contribution in [2.75, 3.05) is 0 Å². The van der Waals surface area contributed by atoms with Crippen LogP contribution >= 0.6 is 11.3 Å². The molecular weight excluding hydrogens is 400 g/mol. The molecule has 0 fully saturated rings. The fraction of sp³-hybridized carbons (Fsp3) is 0.261. The number of aromatic carboxylic acids is 1. The van der Waals surface area contributed by atoms with Crippen molar-refractivity contribution in [1.29, 1.82) is 0 Å². The van der Waals surface area contributed by atoms with E-state index in [4.69, 9.17) is 5.11 Å². The molecule has 0 radical (unpaired) electrons. The van der Waals surface area contributed by atoms with Gasteiger partial charge < -0.3 is 14.8 Å². The fourth-order valence-electron chi connectivity index (χ4n) is 3.35. The molecule has 0 amide bonds. The lowest BCUT2D eigenvalue weighted by Gasteiger charge is -2.13. The molecule has 0 atom stereocenters. The van der Waals surface area contributed by atoms with E-state index < -0.39 is 11.9 Å². The van der Waals surface area contributed by atoms with Crippen molar-refractivity contribution < 1.29 is 19.8 Å².